The predicted molar refractivity (Wildman–Crippen MR) is 61.3 cm³/mol. The molecule has 0 spiro atoms. The average molecular weight is 244 g/mol. The van der Waals surface area contributed by atoms with Crippen LogP contribution < -0.4 is 5.32 Å². The van der Waals surface area contributed by atoms with Crippen LogP contribution in [-0.4, -0.2) is 17.6 Å². The molecule has 1 rings (SSSR count). The molecule has 1 aromatic rings. The Balaban J connectivity index is 2.62. The molecule has 0 aliphatic carbocycles. The molecule has 0 fully saturated rings. The monoisotopic (exact) mass is 243 g/mol. The Labute approximate surface area is 97.5 Å². The number of anilines is 1. The zero-order valence-electron chi connectivity index (χ0n) is 8.63. The van der Waals surface area contributed by atoms with Gasteiger partial charge in [0.25, 0.3) is 0 Å². The Bertz CT molecular complexity index is 412. The van der Waals surface area contributed by atoms with Crippen LogP contribution in [0.15, 0.2) is 29.8 Å². The van der Waals surface area contributed by atoms with Crippen molar-refractivity contribution in [3.8, 4) is 0 Å². The second-order valence-corrected chi connectivity index (χ2v) is 3.67. The van der Waals surface area contributed by atoms with E-state index in [9.17, 15) is 9.18 Å². The molecule has 86 valence electrons. The molecule has 16 heavy (non-hydrogen) atoms. The fraction of sp³-hybridized carbons (Fsp3) is 0.182. The molecular formula is C11H11ClFNO2. The van der Waals surface area contributed by atoms with Crippen LogP contribution in [0.5, 0.6) is 0 Å². The smallest absolute Gasteiger partial charge is 0.331 e. The minimum Gasteiger partial charge on any atom is -0.478 e. The van der Waals surface area contributed by atoms with Crippen molar-refractivity contribution < 1.29 is 14.3 Å². The third-order valence-corrected chi connectivity index (χ3v) is 2.13. The zero-order chi connectivity index (χ0) is 12.1. The highest BCUT2D eigenvalue weighted by atomic mass is 35.5. The Morgan fingerprint density at radius 2 is 2.25 bits per heavy atom. The van der Waals surface area contributed by atoms with Crippen LogP contribution in [-0.2, 0) is 4.79 Å². The summed E-state index contributed by atoms with van der Waals surface area (Å²) in [5, 5.41) is 11.7. The van der Waals surface area contributed by atoms with Crippen LogP contribution in [0.1, 0.15) is 6.92 Å². The second kappa shape index (κ2) is 5.51. The van der Waals surface area contributed by atoms with Crippen molar-refractivity contribution in [3.05, 3.63) is 40.7 Å². The van der Waals surface area contributed by atoms with Gasteiger partial charge >= 0.3 is 5.97 Å². The summed E-state index contributed by atoms with van der Waals surface area (Å²) >= 11 is 5.65. The molecule has 0 unspecified atom stereocenters. The van der Waals surface area contributed by atoms with Crippen molar-refractivity contribution >= 4 is 23.3 Å². The molecule has 0 amide bonds. The van der Waals surface area contributed by atoms with Crippen LogP contribution >= 0.6 is 11.6 Å². The van der Waals surface area contributed by atoms with Gasteiger partial charge in [0, 0.05) is 22.8 Å². The maximum absolute atomic E-state index is 12.9. The van der Waals surface area contributed by atoms with E-state index in [1.165, 1.54) is 25.1 Å². The first-order valence-corrected chi connectivity index (χ1v) is 4.97. The lowest BCUT2D eigenvalue weighted by Gasteiger charge is -2.04. The molecule has 0 heterocycles. The largest absolute Gasteiger partial charge is 0.478 e. The molecule has 0 saturated carbocycles. The number of rotatable bonds is 4. The van der Waals surface area contributed by atoms with Crippen molar-refractivity contribution in [2.45, 2.75) is 6.92 Å². The van der Waals surface area contributed by atoms with Gasteiger partial charge in [-0.25, -0.2) is 9.18 Å². The Morgan fingerprint density at radius 1 is 1.56 bits per heavy atom. The number of halogens is 2. The lowest BCUT2D eigenvalue weighted by molar-refractivity contribution is -0.132. The Hall–Kier alpha value is -1.55. The molecule has 0 atom stereocenters. The molecule has 0 radical (unpaired) electrons. The summed E-state index contributed by atoms with van der Waals surface area (Å²) in [6.07, 6.45) is 1.50. The Kier molecular flexibility index (Phi) is 4.31. The van der Waals surface area contributed by atoms with E-state index in [0.717, 1.165) is 0 Å². The van der Waals surface area contributed by atoms with Gasteiger partial charge in [-0.15, -0.1) is 0 Å². The summed E-state index contributed by atoms with van der Waals surface area (Å²) in [4.78, 5) is 10.5. The third kappa shape index (κ3) is 3.90. The first kappa shape index (κ1) is 12.5. The molecule has 0 aliphatic rings. The van der Waals surface area contributed by atoms with Gasteiger partial charge in [0.1, 0.15) is 5.82 Å². The lowest BCUT2D eigenvalue weighted by atomic mass is 10.2. The third-order valence-electron chi connectivity index (χ3n) is 1.91. The molecule has 3 nitrogen and oxygen atoms in total. The van der Waals surface area contributed by atoms with Crippen molar-refractivity contribution in [1.82, 2.24) is 0 Å². The van der Waals surface area contributed by atoms with E-state index in [4.69, 9.17) is 16.7 Å². The average Bonchev–Trinajstić information content (AvgIpc) is 2.15. The first-order valence-electron chi connectivity index (χ1n) is 4.59. The summed E-state index contributed by atoms with van der Waals surface area (Å²) in [6.45, 7) is 1.79. The number of carbonyl (C=O) groups is 1. The quantitative estimate of drug-likeness (QED) is 0.800. The number of nitrogens with one attached hydrogen (secondary N) is 1. The highest BCUT2D eigenvalue weighted by Crippen LogP contribution is 2.17. The van der Waals surface area contributed by atoms with Gasteiger partial charge in [-0.2, -0.15) is 0 Å². The van der Waals surface area contributed by atoms with Gasteiger partial charge in [-0.1, -0.05) is 17.7 Å². The van der Waals surface area contributed by atoms with Gasteiger partial charge in [-0.05, 0) is 25.1 Å². The molecule has 0 aromatic heterocycles. The van der Waals surface area contributed by atoms with Gasteiger partial charge in [-0.3, -0.25) is 0 Å². The number of hydrogen-bond acceptors (Lipinski definition) is 2. The topological polar surface area (TPSA) is 49.3 Å². The van der Waals surface area contributed by atoms with Crippen molar-refractivity contribution in [2.75, 3.05) is 11.9 Å². The second-order valence-electron chi connectivity index (χ2n) is 3.23. The molecular weight excluding hydrogens is 233 g/mol. The first-order chi connectivity index (χ1) is 7.49. The van der Waals surface area contributed by atoms with Gasteiger partial charge < -0.3 is 10.4 Å². The summed E-state index contributed by atoms with van der Waals surface area (Å²) in [5.41, 5.74) is 0.745. The Morgan fingerprint density at radius 3 is 2.81 bits per heavy atom. The van der Waals surface area contributed by atoms with Crippen molar-refractivity contribution in [2.24, 2.45) is 0 Å². The van der Waals surface area contributed by atoms with Crippen LogP contribution in [0.4, 0.5) is 10.1 Å². The van der Waals surface area contributed by atoms with Crippen LogP contribution in [0, 0.1) is 5.82 Å². The zero-order valence-corrected chi connectivity index (χ0v) is 9.38. The highest BCUT2D eigenvalue weighted by molar-refractivity contribution is 6.30. The molecule has 0 bridgehead atoms. The molecule has 5 heteroatoms. The molecule has 0 aliphatic heterocycles. The number of carboxylic acid groups (broad SMARTS) is 1. The number of carboxylic acids is 1. The number of benzene rings is 1. The minimum absolute atomic E-state index is 0.231. The number of aliphatic carboxylic acids is 1. The summed E-state index contributed by atoms with van der Waals surface area (Å²) in [5.74, 6) is -1.41. The van der Waals surface area contributed by atoms with E-state index < -0.39 is 11.8 Å². The van der Waals surface area contributed by atoms with Crippen molar-refractivity contribution in [1.29, 1.82) is 0 Å². The number of hydrogen-bond donors (Lipinski definition) is 2. The SMILES string of the molecule is C/C(=C/CNc1cc(F)cc(Cl)c1)C(=O)O. The summed E-state index contributed by atoms with van der Waals surface area (Å²) in [7, 11) is 0. The standard InChI is InChI=1S/C11H11ClFNO2/c1-7(11(15)16)2-3-14-10-5-8(12)4-9(13)6-10/h2,4-6,14H,3H2,1H3,(H,15,16)/b7-2-. The van der Waals surface area contributed by atoms with Gasteiger partial charge in [0.2, 0.25) is 0 Å². The molecule has 2 N–H and O–H groups in total. The summed E-state index contributed by atoms with van der Waals surface area (Å²) < 4.78 is 12.9. The van der Waals surface area contributed by atoms with Crippen LogP contribution in [0.25, 0.3) is 0 Å². The fourth-order valence-corrected chi connectivity index (χ4v) is 1.29. The minimum atomic E-state index is -0.973. The van der Waals surface area contributed by atoms with Crippen LogP contribution in [0.3, 0.4) is 0 Å². The summed E-state index contributed by atoms with van der Waals surface area (Å²) in [6, 6.07) is 4.05. The van der Waals surface area contributed by atoms with E-state index in [1.807, 2.05) is 0 Å². The van der Waals surface area contributed by atoms with E-state index in [2.05, 4.69) is 5.32 Å². The fourth-order valence-electron chi connectivity index (χ4n) is 1.07. The molecule has 0 saturated heterocycles. The van der Waals surface area contributed by atoms with E-state index in [-0.39, 0.29) is 5.57 Å². The van der Waals surface area contributed by atoms with Crippen molar-refractivity contribution in [3.63, 3.8) is 0 Å². The maximum atomic E-state index is 12.9. The van der Waals surface area contributed by atoms with Gasteiger partial charge in [0.15, 0.2) is 0 Å². The maximum Gasteiger partial charge on any atom is 0.331 e. The van der Waals surface area contributed by atoms with Gasteiger partial charge in [0.05, 0.1) is 0 Å². The van der Waals surface area contributed by atoms with Crippen LogP contribution in [0.2, 0.25) is 5.02 Å². The van der Waals surface area contributed by atoms with E-state index in [0.29, 0.717) is 17.3 Å². The van der Waals surface area contributed by atoms with E-state index >= 15 is 0 Å². The van der Waals surface area contributed by atoms with E-state index in [1.54, 1.807) is 6.07 Å². The molecule has 1 aromatic carbocycles. The predicted octanol–water partition coefficient (Wildman–Crippen LogP) is 2.92. The lowest BCUT2D eigenvalue weighted by Crippen LogP contribution is -2.03. The normalized spacial score (nSPS) is 11.3. The highest BCUT2D eigenvalue weighted by Gasteiger charge is 2.00.